The minimum atomic E-state index is -3.70. The number of rotatable bonds is 3. The topological polar surface area (TPSA) is 72.2 Å². The van der Waals surface area contributed by atoms with Crippen molar-refractivity contribution in [1.82, 2.24) is 0 Å². The standard InChI is InChI=1S/C13H19ClN2O2S/c1-13(2)6-5-9(8-13)16-12-7-10(19(15,17)18)3-4-11(12)14/h3-4,7,9,16H,5-6,8H2,1-2H3,(H2,15,17,18). The zero-order valence-electron chi connectivity index (χ0n) is 11.1. The molecular formula is C13H19ClN2O2S. The van der Waals surface area contributed by atoms with Gasteiger partial charge in [-0.1, -0.05) is 25.4 Å². The van der Waals surface area contributed by atoms with E-state index in [1.54, 1.807) is 6.07 Å². The molecule has 1 saturated carbocycles. The van der Waals surface area contributed by atoms with Gasteiger partial charge < -0.3 is 5.32 Å². The van der Waals surface area contributed by atoms with E-state index in [0.29, 0.717) is 22.2 Å². The second-order valence-corrected chi connectivity index (χ2v) is 7.90. The number of primary sulfonamides is 1. The maximum Gasteiger partial charge on any atom is 0.238 e. The van der Waals surface area contributed by atoms with E-state index >= 15 is 0 Å². The van der Waals surface area contributed by atoms with Crippen molar-refractivity contribution in [2.24, 2.45) is 10.6 Å². The summed E-state index contributed by atoms with van der Waals surface area (Å²) in [7, 11) is -3.70. The van der Waals surface area contributed by atoms with Crippen LogP contribution in [-0.4, -0.2) is 14.5 Å². The summed E-state index contributed by atoms with van der Waals surface area (Å²) in [5.74, 6) is 0. The second kappa shape index (κ2) is 4.96. The Hall–Kier alpha value is -0.780. The first-order valence-corrected chi connectivity index (χ1v) is 8.19. The fourth-order valence-corrected chi connectivity index (χ4v) is 3.28. The molecule has 1 aromatic rings. The van der Waals surface area contributed by atoms with Crippen LogP contribution >= 0.6 is 11.6 Å². The Bertz CT molecular complexity index is 584. The lowest BCUT2D eigenvalue weighted by Crippen LogP contribution is -2.18. The van der Waals surface area contributed by atoms with Crippen LogP contribution in [0.2, 0.25) is 5.02 Å². The van der Waals surface area contributed by atoms with E-state index < -0.39 is 10.0 Å². The number of hydrogen-bond acceptors (Lipinski definition) is 3. The summed E-state index contributed by atoms with van der Waals surface area (Å²) >= 11 is 6.10. The van der Waals surface area contributed by atoms with E-state index in [4.69, 9.17) is 16.7 Å². The zero-order valence-corrected chi connectivity index (χ0v) is 12.7. The van der Waals surface area contributed by atoms with Gasteiger partial charge in [0.05, 0.1) is 15.6 Å². The predicted molar refractivity (Wildman–Crippen MR) is 77.9 cm³/mol. The molecule has 0 bridgehead atoms. The van der Waals surface area contributed by atoms with Gasteiger partial charge in [0.1, 0.15) is 0 Å². The van der Waals surface area contributed by atoms with Gasteiger partial charge in [-0.05, 0) is 42.9 Å². The van der Waals surface area contributed by atoms with Crippen molar-refractivity contribution in [3.8, 4) is 0 Å². The lowest BCUT2D eigenvalue weighted by atomic mass is 9.92. The molecule has 1 aromatic carbocycles. The minimum Gasteiger partial charge on any atom is -0.381 e. The van der Waals surface area contributed by atoms with E-state index in [9.17, 15) is 8.42 Å². The molecule has 1 aliphatic carbocycles. The number of benzene rings is 1. The first-order chi connectivity index (χ1) is 8.67. The Balaban J connectivity index is 2.21. The molecule has 6 heteroatoms. The highest BCUT2D eigenvalue weighted by molar-refractivity contribution is 7.89. The number of hydrogen-bond donors (Lipinski definition) is 2. The fourth-order valence-electron chi connectivity index (χ4n) is 2.57. The summed E-state index contributed by atoms with van der Waals surface area (Å²) in [5, 5.41) is 8.96. The van der Waals surface area contributed by atoms with Gasteiger partial charge in [0.25, 0.3) is 0 Å². The number of halogens is 1. The highest BCUT2D eigenvalue weighted by atomic mass is 35.5. The third kappa shape index (κ3) is 3.61. The Morgan fingerprint density at radius 1 is 1.42 bits per heavy atom. The molecule has 1 fully saturated rings. The molecule has 0 amide bonds. The van der Waals surface area contributed by atoms with Crippen LogP contribution in [-0.2, 0) is 10.0 Å². The predicted octanol–water partition coefficient (Wildman–Crippen LogP) is 2.98. The third-order valence-corrected chi connectivity index (χ3v) is 4.84. The molecular weight excluding hydrogens is 284 g/mol. The Labute approximate surface area is 119 Å². The molecule has 2 rings (SSSR count). The lowest BCUT2D eigenvalue weighted by Gasteiger charge is -2.19. The molecule has 0 heterocycles. The zero-order chi connectivity index (χ0) is 14.3. The largest absolute Gasteiger partial charge is 0.381 e. The summed E-state index contributed by atoms with van der Waals surface area (Å²) < 4.78 is 22.7. The Morgan fingerprint density at radius 2 is 2.11 bits per heavy atom. The SMILES string of the molecule is CC1(C)CCC(Nc2cc(S(N)(=O)=O)ccc2Cl)C1. The molecule has 1 aliphatic rings. The molecule has 1 atom stereocenters. The quantitative estimate of drug-likeness (QED) is 0.901. The van der Waals surface area contributed by atoms with Crippen molar-refractivity contribution in [3.63, 3.8) is 0 Å². The first kappa shape index (κ1) is 14.6. The van der Waals surface area contributed by atoms with Crippen LogP contribution in [0.4, 0.5) is 5.69 Å². The fraction of sp³-hybridized carbons (Fsp3) is 0.538. The van der Waals surface area contributed by atoms with Crippen molar-refractivity contribution in [1.29, 1.82) is 0 Å². The van der Waals surface area contributed by atoms with E-state index in [-0.39, 0.29) is 4.90 Å². The molecule has 3 N–H and O–H groups in total. The molecule has 0 saturated heterocycles. The molecule has 0 radical (unpaired) electrons. The van der Waals surface area contributed by atoms with Gasteiger partial charge in [-0.3, -0.25) is 0 Å². The molecule has 1 unspecified atom stereocenters. The van der Waals surface area contributed by atoms with Crippen molar-refractivity contribution in [2.75, 3.05) is 5.32 Å². The molecule has 0 spiro atoms. The van der Waals surface area contributed by atoms with Gasteiger partial charge in [0.15, 0.2) is 0 Å². The van der Waals surface area contributed by atoms with Crippen LogP contribution < -0.4 is 10.5 Å². The third-order valence-electron chi connectivity index (χ3n) is 3.59. The van der Waals surface area contributed by atoms with Gasteiger partial charge >= 0.3 is 0 Å². The van der Waals surface area contributed by atoms with Crippen LogP contribution in [0.15, 0.2) is 23.1 Å². The summed E-state index contributed by atoms with van der Waals surface area (Å²) in [6.07, 6.45) is 3.25. The lowest BCUT2D eigenvalue weighted by molar-refractivity contribution is 0.378. The maximum atomic E-state index is 11.3. The summed E-state index contributed by atoms with van der Waals surface area (Å²) in [4.78, 5) is 0.0802. The normalized spacial score (nSPS) is 22.4. The van der Waals surface area contributed by atoms with Crippen LogP contribution in [0, 0.1) is 5.41 Å². The molecule has 4 nitrogen and oxygen atoms in total. The molecule has 0 aliphatic heterocycles. The Morgan fingerprint density at radius 3 is 2.63 bits per heavy atom. The smallest absolute Gasteiger partial charge is 0.238 e. The summed E-state index contributed by atoms with van der Waals surface area (Å²) in [6.45, 7) is 4.47. The summed E-state index contributed by atoms with van der Waals surface area (Å²) in [6, 6.07) is 4.80. The van der Waals surface area contributed by atoms with Crippen molar-refractivity contribution >= 4 is 27.3 Å². The second-order valence-electron chi connectivity index (χ2n) is 5.93. The van der Waals surface area contributed by atoms with Crippen LogP contribution in [0.1, 0.15) is 33.1 Å². The van der Waals surface area contributed by atoms with E-state index in [2.05, 4.69) is 19.2 Å². The van der Waals surface area contributed by atoms with E-state index in [0.717, 1.165) is 19.3 Å². The average molecular weight is 303 g/mol. The number of sulfonamides is 1. The first-order valence-electron chi connectivity index (χ1n) is 6.26. The Kier molecular flexibility index (Phi) is 3.82. The van der Waals surface area contributed by atoms with Gasteiger partial charge in [0.2, 0.25) is 10.0 Å². The van der Waals surface area contributed by atoms with Gasteiger partial charge in [0, 0.05) is 6.04 Å². The minimum absolute atomic E-state index is 0.0802. The van der Waals surface area contributed by atoms with Crippen molar-refractivity contribution in [3.05, 3.63) is 23.2 Å². The number of anilines is 1. The van der Waals surface area contributed by atoms with Gasteiger partial charge in [-0.2, -0.15) is 0 Å². The molecule has 19 heavy (non-hydrogen) atoms. The number of nitrogens with one attached hydrogen (secondary N) is 1. The van der Waals surface area contributed by atoms with Gasteiger partial charge in [-0.25, -0.2) is 13.6 Å². The molecule has 106 valence electrons. The highest BCUT2D eigenvalue weighted by Gasteiger charge is 2.31. The van der Waals surface area contributed by atoms with E-state index in [1.807, 2.05) is 0 Å². The maximum absolute atomic E-state index is 11.3. The van der Waals surface area contributed by atoms with Crippen molar-refractivity contribution < 1.29 is 8.42 Å². The highest BCUT2D eigenvalue weighted by Crippen LogP contribution is 2.39. The van der Waals surface area contributed by atoms with Crippen molar-refractivity contribution in [2.45, 2.75) is 44.0 Å². The van der Waals surface area contributed by atoms with E-state index in [1.165, 1.54) is 12.1 Å². The van der Waals surface area contributed by atoms with Crippen LogP contribution in [0.3, 0.4) is 0 Å². The summed E-state index contributed by atoms with van der Waals surface area (Å²) in [5.41, 5.74) is 0.956. The molecule has 0 aromatic heterocycles. The average Bonchev–Trinajstić information content (AvgIpc) is 2.60. The number of nitrogens with two attached hydrogens (primary N) is 1. The van der Waals surface area contributed by atoms with Gasteiger partial charge in [-0.15, -0.1) is 0 Å². The van der Waals surface area contributed by atoms with Crippen LogP contribution in [0.5, 0.6) is 0 Å². The van der Waals surface area contributed by atoms with Crippen LogP contribution in [0.25, 0.3) is 0 Å². The monoisotopic (exact) mass is 302 g/mol.